The Morgan fingerprint density at radius 1 is 1.03 bits per heavy atom. The molecule has 0 aliphatic heterocycles. The van der Waals surface area contributed by atoms with Gasteiger partial charge in [-0.1, -0.05) is 7.43 Å². The van der Waals surface area contributed by atoms with Crippen molar-refractivity contribution < 1.29 is 63.9 Å². The summed E-state index contributed by atoms with van der Waals surface area (Å²) >= 11 is 0. The van der Waals surface area contributed by atoms with E-state index in [1.165, 1.54) is 4.90 Å². The topological polar surface area (TPSA) is 112 Å². The molecule has 0 amide bonds. The van der Waals surface area contributed by atoms with Crippen molar-refractivity contribution in [1.29, 1.82) is 0 Å². The second-order valence-corrected chi connectivity index (χ2v) is 7.01. The Bertz CT molecular complexity index is 538. The lowest BCUT2D eigenvalue weighted by atomic mass is 10.3. The second-order valence-electron chi connectivity index (χ2n) is 5.55. The third-order valence-corrected chi connectivity index (χ3v) is 3.46. The molecule has 0 saturated heterocycles. The Labute approximate surface area is 176 Å². The van der Waals surface area contributed by atoms with Crippen molar-refractivity contribution in [2.75, 3.05) is 47.6 Å². The third-order valence-electron chi connectivity index (χ3n) is 2.54. The fraction of sp³-hybridized carbons (Fsp3) is 0.867. The van der Waals surface area contributed by atoms with Crippen LogP contribution in [0, 0.1) is 0 Å². The molecule has 0 aromatic carbocycles. The number of carbonyl (C=O) groups is 2. The van der Waals surface area contributed by atoms with E-state index in [2.05, 4.69) is 13.8 Å². The van der Waals surface area contributed by atoms with Gasteiger partial charge in [-0.05, 0) is 14.1 Å². The van der Waals surface area contributed by atoms with E-state index in [0.717, 1.165) is 0 Å². The highest BCUT2D eigenvalue weighted by atomic mass is 31.2. The first kappa shape index (κ1) is 34.2. The van der Waals surface area contributed by atoms with E-state index in [0.29, 0.717) is 0 Å². The lowest BCUT2D eigenvalue weighted by Crippen LogP contribution is -2.30. The number of rotatable bonds is 13. The predicted molar refractivity (Wildman–Crippen MR) is 96.0 cm³/mol. The lowest BCUT2D eigenvalue weighted by molar-refractivity contribution is -0.166. The molecule has 2 unspecified atom stereocenters. The molecule has 0 rings (SSSR count). The van der Waals surface area contributed by atoms with Crippen molar-refractivity contribution in [2.45, 2.75) is 39.0 Å². The molecule has 9 nitrogen and oxygen atoms in total. The van der Waals surface area contributed by atoms with Crippen LogP contribution in [0.15, 0.2) is 0 Å². The van der Waals surface area contributed by atoms with E-state index in [9.17, 15) is 45.4 Å². The summed E-state index contributed by atoms with van der Waals surface area (Å²) in [6.07, 6.45) is -8.99. The van der Waals surface area contributed by atoms with Crippen LogP contribution in [0.4, 0.5) is 26.3 Å². The molecule has 0 heterocycles. The van der Waals surface area contributed by atoms with Gasteiger partial charge < -0.3 is 14.4 Å². The van der Waals surface area contributed by atoms with E-state index in [1.54, 1.807) is 14.1 Å². The minimum Gasteiger partial charge on any atom is -0.462 e. The zero-order valence-electron chi connectivity index (χ0n) is 16.2. The summed E-state index contributed by atoms with van der Waals surface area (Å²) < 4.78 is 97.6. The Morgan fingerprint density at radius 2 is 1.58 bits per heavy atom. The van der Waals surface area contributed by atoms with Gasteiger partial charge in [0.1, 0.15) is 13.3 Å². The lowest BCUT2D eigenvalue weighted by Gasteiger charge is -2.20. The molecule has 0 aliphatic carbocycles. The quantitative estimate of drug-likeness (QED) is 0.178. The molecule has 0 bridgehead atoms. The van der Waals surface area contributed by atoms with Crippen LogP contribution < -0.4 is 0 Å². The number of halogens is 6. The number of carbonyl (C=O) groups excluding carboxylic acids is 2. The molecule has 0 aromatic rings. The third kappa shape index (κ3) is 24.7. The zero-order valence-corrected chi connectivity index (χ0v) is 17.1. The maximum atomic E-state index is 12.1. The van der Waals surface area contributed by atoms with Gasteiger partial charge in [-0.3, -0.25) is 27.9 Å². The monoisotopic (exact) mass is 495 g/mol. The van der Waals surface area contributed by atoms with Crippen molar-refractivity contribution in [1.82, 2.24) is 4.90 Å². The first-order chi connectivity index (χ1) is 13.8. The molecule has 0 saturated carbocycles. The summed E-state index contributed by atoms with van der Waals surface area (Å²) in [6, 6.07) is 0. The number of esters is 2. The van der Waals surface area contributed by atoms with Crippen molar-refractivity contribution in [2.24, 2.45) is 0 Å². The minimum atomic E-state index is -4.55. The largest absolute Gasteiger partial charge is 0.473 e. The van der Waals surface area contributed by atoms with E-state index in [-0.39, 0.29) is 14.2 Å². The van der Waals surface area contributed by atoms with E-state index < -0.39 is 78.1 Å². The smallest absolute Gasteiger partial charge is 0.462 e. The van der Waals surface area contributed by atoms with Crippen molar-refractivity contribution in [3.8, 4) is 0 Å². The number of nitrogens with zero attached hydrogens (tertiary/aromatic N) is 1. The van der Waals surface area contributed by atoms with Gasteiger partial charge in [-0.25, -0.2) is 13.3 Å². The van der Waals surface area contributed by atoms with Crippen LogP contribution in [0.3, 0.4) is 0 Å². The van der Waals surface area contributed by atoms with Gasteiger partial charge in [0.2, 0.25) is 6.93 Å². The molecule has 0 aliphatic rings. The molecule has 1 N–H and O–H groups in total. The Balaban J connectivity index is -0.00000184. The number of hydrogen-bond donors (Lipinski definition) is 1. The molecule has 2 atom stereocenters. The predicted octanol–water partition coefficient (Wildman–Crippen LogP) is 3.32. The maximum absolute atomic E-state index is 12.1. The summed E-state index contributed by atoms with van der Waals surface area (Å²) in [6.45, 7) is -4.58. The van der Waals surface area contributed by atoms with Crippen molar-refractivity contribution in [3.63, 3.8) is 0 Å². The van der Waals surface area contributed by atoms with E-state index in [1.807, 2.05) is 0 Å². The summed E-state index contributed by atoms with van der Waals surface area (Å²) in [5.74, 6) is -2.28. The fourth-order valence-corrected chi connectivity index (χ4v) is 2.15. The van der Waals surface area contributed by atoms with Gasteiger partial charge >= 0.3 is 25.9 Å². The van der Waals surface area contributed by atoms with Gasteiger partial charge in [0.25, 0.3) is 0 Å². The molecule has 188 valence electrons. The van der Waals surface area contributed by atoms with Crippen molar-refractivity contribution >= 4 is 19.8 Å². The van der Waals surface area contributed by atoms with Crippen LogP contribution in [0.5, 0.6) is 0 Å². The normalized spacial score (nSPS) is 13.9. The fourth-order valence-electron chi connectivity index (χ4n) is 1.34. The van der Waals surface area contributed by atoms with E-state index >= 15 is 0 Å². The summed E-state index contributed by atoms with van der Waals surface area (Å²) in [7, 11) is -1.45. The van der Waals surface area contributed by atoms with Gasteiger partial charge in [0, 0.05) is 0 Å². The molecular weight excluding hydrogens is 467 g/mol. The van der Waals surface area contributed by atoms with Crippen molar-refractivity contribution in [3.05, 3.63) is 0 Å². The first-order valence-corrected chi connectivity index (χ1v) is 9.62. The van der Waals surface area contributed by atoms with Gasteiger partial charge in [0.15, 0.2) is 6.10 Å². The van der Waals surface area contributed by atoms with Gasteiger partial charge in [0.05, 0.1) is 32.5 Å². The Morgan fingerprint density at radius 3 is 2.03 bits per heavy atom. The van der Waals surface area contributed by atoms with Crippen LogP contribution in [0.2, 0.25) is 0 Å². The average Bonchev–Trinajstić information content (AvgIpc) is 2.61. The summed E-state index contributed by atoms with van der Waals surface area (Å²) in [5.41, 5.74) is 0. The molecule has 31 heavy (non-hydrogen) atoms. The highest BCUT2D eigenvalue weighted by Gasteiger charge is 2.29. The number of hydrogen-bond acceptors (Lipinski definition) is 8. The Kier molecular flexibility index (Phi) is 20.1. The molecule has 16 heteroatoms. The molecule has 0 radical (unpaired) electrons. The number of ether oxygens (including phenoxy) is 2. The van der Waals surface area contributed by atoms with Crippen LogP contribution in [-0.4, -0.2) is 81.7 Å². The van der Waals surface area contributed by atoms with Gasteiger partial charge in [-0.15, -0.1) is 0 Å². The second kappa shape index (κ2) is 18.2. The number of alkyl halides is 6. The average molecular weight is 495 g/mol. The molecule has 0 fully saturated rings. The first-order valence-electron chi connectivity index (χ1n) is 8.12. The summed E-state index contributed by atoms with van der Waals surface area (Å²) in [5, 5.41) is 0. The van der Waals surface area contributed by atoms with Crippen LogP contribution in [0.25, 0.3) is 0 Å². The minimum absolute atomic E-state index is 0. The summed E-state index contributed by atoms with van der Waals surface area (Å²) in [4.78, 5) is 33.5. The molecule has 0 spiro atoms. The number of phosphoric ester groups is 1. The highest BCUT2D eigenvalue weighted by molar-refractivity contribution is 7.47. The van der Waals surface area contributed by atoms with E-state index in [4.69, 9.17) is 4.74 Å². The maximum Gasteiger partial charge on any atom is 0.473 e. The Hall–Kier alpha value is -1.41. The van der Waals surface area contributed by atoms with Crippen LogP contribution in [-0.2, 0) is 32.7 Å². The SMILES string of the molecule is C.CN(C)COP(=O)(O)OCC(COC(=O)CCC(F)(F)F)OC(=O)CCF.FCF. The van der Waals surface area contributed by atoms with Gasteiger partial charge in [-0.2, -0.15) is 13.2 Å². The van der Waals surface area contributed by atoms with Crippen LogP contribution in [0.1, 0.15) is 26.7 Å². The van der Waals surface area contributed by atoms with Crippen LogP contribution >= 0.6 is 7.82 Å². The number of phosphoric acid groups is 1. The zero-order chi connectivity index (χ0) is 23.8. The molecular formula is C15H28F6NO8P. The standard InChI is InChI=1S/C13H22F4NO8P.CH2F2.CH4/c1-18(2)9-25-27(21,22)24-8-10(26-12(20)4-6-14)7-23-11(19)3-5-13(15,16)17;2-1-3;/h10H,3-9H2,1-2H3,(H,21,22);1H2;1H4. The highest BCUT2D eigenvalue weighted by Crippen LogP contribution is 2.43. The molecule has 0 aromatic heterocycles.